The predicted molar refractivity (Wildman–Crippen MR) is 78.8 cm³/mol. The molecule has 106 valence electrons. The zero-order valence-corrected chi connectivity index (χ0v) is 12.8. The van der Waals surface area contributed by atoms with Crippen LogP contribution in [-0.2, 0) is 0 Å². The number of hydrogen-bond acceptors (Lipinski definition) is 2. The third-order valence-corrected chi connectivity index (χ3v) is 5.10. The first-order chi connectivity index (χ1) is 8.61. The largest absolute Gasteiger partial charge is 0.312 e. The third kappa shape index (κ3) is 3.71. The van der Waals surface area contributed by atoms with Crippen LogP contribution in [0, 0.1) is 17.8 Å². The lowest BCUT2D eigenvalue weighted by Crippen LogP contribution is -2.52. The van der Waals surface area contributed by atoms with Gasteiger partial charge in [-0.25, -0.2) is 0 Å². The van der Waals surface area contributed by atoms with Crippen LogP contribution in [-0.4, -0.2) is 37.1 Å². The predicted octanol–water partition coefficient (Wildman–Crippen LogP) is 3.13. The molecular formula is C16H32N2. The van der Waals surface area contributed by atoms with Crippen LogP contribution >= 0.6 is 0 Å². The van der Waals surface area contributed by atoms with Gasteiger partial charge in [0.2, 0.25) is 0 Å². The van der Waals surface area contributed by atoms with Crippen LogP contribution in [0.5, 0.6) is 0 Å². The molecule has 0 amide bonds. The van der Waals surface area contributed by atoms with Crippen molar-refractivity contribution >= 4 is 0 Å². The minimum absolute atomic E-state index is 0.736. The summed E-state index contributed by atoms with van der Waals surface area (Å²) in [5, 5.41) is 3.79. The van der Waals surface area contributed by atoms with Crippen LogP contribution in [0.1, 0.15) is 52.9 Å². The van der Waals surface area contributed by atoms with Gasteiger partial charge >= 0.3 is 0 Å². The van der Waals surface area contributed by atoms with E-state index in [4.69, 9.17) is 0 Å². The molecule has 2 rings (SSSR count). The fourth-order valence-electron chi connectivity index (χ4n) is 3.56. The van der Waals surface area contributed by atoms with Crippen LogP contribution in [0.25, 0.3) is 0 Å². The average molecular weight is 252 g/mol. The van der Waals surface area contributed by atoms with Gasteiger partial charge in [-0.15, -0.1) is 0 Å². The van der Waals surface area contributed by atoms with E-state index in [2.05, 4.69) is 38.0 Å². The normalized spacial score (nSPS) is 40.2. The summed E-state index contributed by atoms with van der Waals surface area (Å²) in [6.07, 6.45) is 6.88. The van der Waals surface area contributed by atoms with Crippen molar-refractivity contribution in [3.05, 3.63) is 0 Å². The van der Waals surface area contributed by atoms with Gasteiger partial charge in [0.1, 0.15) is 0 Å². The highest BCUT2D eigenvalue weighted by Gasteiger charge is 2.37. The molecule has 0 aliphatic heterocycles. The Kier molecular flexibility index (Phi) is 5.08. The molecule has 1 N–H and O–H groups in total. The lowest BCUT2D eigenvalue weighted by Gasteiger charge is -2.41. The molecular weight excluding hydrogens is 220 g/mol. The molecule has 2 fully saturated rings. The molecule has 2 nitrogen and oxygen atoms in total. The van der Waals surface area contributed by atoms with E-state index < -0.39 is 0 Å². The van der Waals surface area contributed by atoms with E-state index in [-0.39, 0.29) is 0 Å². The van der Waals surface area contributed by atoms with Crippen molar-refractivity contribution < 1.29 is 0 Å². The highest BCUT2D eigenvalue weighted by atomic mass is 15.2. The van der Waals surface area contributed by atoms with E-state index in [0.717, 1.165) is 29.8 Å². The summed E-state index contributed by atoms with van der Waals surface area (Å²) in [6, 6.07) is 1.51. The van der Waals surface area contributed by atoms with Gasteiger partial charge in [-0.1, -0.05) is 20.8 Å². The van der Waals surface area contributed by atoms with E-state index in [1.165, 1.54) is 45.2 Å². The number of likely N-dealkylation sites (N-methyl/N-ethyl adjacent to an activating group) is 1. The quantitative estimate of drug-likeness (QED) is 0.781. The smallest absolute Gasteiger partial charge is 0.0248 e. The Balaban J connectivity index is 1.86. The van der Waals surface area contributed by atoms with Gasteiger partial charge in [-0.3, -0.25) is 0 Å². The molecule has 0 aromatic heterocycles. The summed E-state index contributed by atoms with van der Waals surface area (Å²) < 4.78 is 0. The molecule has 5 atom stereocenters. The lowest BCUT2D eigenvalue weighted by atomic mass is 9.82. The molecule has 0 saturated heterocycles. The molecule has 0 bridgehead atoms. The van der Waals surface area contributed by atoms with Gasteiger partial charge < -0.3 is 10.2 Å². The summed E-state index contributed by atoms with van der Waals surface area (Å²) in [4.78, 5) is 2.66. The molecule has 2 saturated carbocycles. The average Bonchev–Trinajstić information content (AvgIpc) is 3.03. The molecule has 0 radical (unpaired) electrons. The Bertz CT molecular complexity index is 251. The zero-order valence-electron chi connectivity index (χ0n) is 12.8. The summed E-state index contributed by atoms with van der Waals surface area (Å²) in [7, 11) is 2.36. The zero-order chi connectivity index (χ0) is 13.1. The van der Waals surface area contributed by atoms with Gasteiger partial charge in [0.15, 0.2) is 0 Å². The maximum atomic E-state index is 3.79. The molecule has 0 aromatic rings. The van der Waals surface area contributed by atoms with Crippen molar-refractivity contribution in [1.82, 2.24) is 10.2 Å². The van der Waals surface area contributed by atoms with Crippen molar-refractivity contribution in [1.29, 1.82) is 0 Å². The molecule has 2 aliphatic rings. The monoisotopic (exact) mass is 252 g/mol. The van der Waals surface area contributed by atoms with E-state index >= 15 is 0 Å². The standard InChI is InChI=1S/C16H32N2/c1-5-8-17-15-7-6-12(2)9-16(15)18(4)11-14-10-13(14)3/h12-17H,5-11H2,1-4H3. The molecule has 18 heavy (non-hydrogen) atoms. The molecule has 2 heteroatoms. The molecule has 0 aromatic carbocycles. The van der Waals surface area contributed by atoms with Crippen LogP contribution in [0.15, 0.2) is 0 Å². The molecule has 0 spiro atoms. The Morgan fingerprint density at radius 1 is 1.17 bits per heavy atom. The van der Waals surface area contributed by atoms with E-state index in [1.807, 2.05) is 0 Å². The van der Waals surface area contributed by atoms with E-state index in [0.29, 0.717) is 0 Å². The van der Waals surface area contributed by atoms with Crippen molar-refractivity contribution in [2.45, 2.75) is 65.0 Å². The number of rotatable bonds is 6. The minimum Gasteiger partial charge on any atom is -0.312 e. The first-order valence-corrected chi connectivity index (χ1v) is 8.05. The van der Waals surface area contributed by atoms with Gasteiger partial charge in [0.05, 0.1) is 0 Å². The van der Waals surface area contributed by atoms with Gasteiger partial charge in [0, 0.05) is 18.6 Å². The molecule has 0 heterocycles. The Morgan fingerprint density at radius 2 is 1.89 bits per heavy atom. The van der Waals surface area contributed by atoms with Crippen molar-refractivity contribution in [3.63, 3.8) is 0 Å². The Hall–Kier alpha value is -0.0800. The Morgan fingerprint density at radius 3 is 2.50 bits per heavy atom. The second-order valence-electron chi connectivity index (χ2n) is 6.96. The Labute approximate surface area is 114 Å². The first-order valence-electron chi connectivity index (χ1n) is 8.05. The summed E-state index contributed by atoms with van der Waals surface area (Å²) in [6.45, 7) is 9.60. The van der Waals surface area contributed by atoms with Gasteiger partial charge in [-0.05, 0) is 63.5 Å². The number of nitrogens with zero attached hydrogens (tertiary/aromatic N) is 1. The topological polar surface area (TPSA) is 15.3 Å². The minimum atomic E-state index is 0.736. The van der Waals surface area contributed by atoms with Crippen LogP contribution in [0.3, 0.4) is 0 Å². The second-order valence-corrected chi connectivity index (χ2v) is 6.96. The number of nitrogens with one attached hydrogen (secondary N) is 1. The third-order valence-electron chi connectivity index (χ3n) is 5.10. The maximum absolute atomic E-state index is 3.79. The fourth-order valence-corrected chi connectivity index (χ4v) is 3.56. The highest BCUT2D eigenvalue weighted by molar-refractivity contribution is 4.92. The number of hydrogen-bond donors (Lipinski definition) is 1. The highest BCUT2D eigenvalue weighted by Crippen LogP contribution is 2.39. The first kappa shape index (κ1) is 14.3. The van der Waals surface area contributed by atoms with Crippen LogP contribution in [0.4, 0.5) is 0 Å². The summed E-state index contributed by atoms with van der Waals surface area (Å²) in [5.74, 6) is 2.88. The van der Waals surface area contributed by atoms with E-state index in [1.54, 1.807) is 0 Å². The molecule has 2 aliphatic carbocycles. The maximum Gasteiger partial charge on any atom is 0.0248 e. The van der Waals surface area contributed by atoms with Crippen molar-refractivity contribution in [2.75, 3.05) is 20.1 Å². The second kappa shape index (κ2) is 6.38. The van der Waals surface area contributed by atoms with E-state index in [9.17, 15) is 0 Å². The summed E-state index contributed by atoms with van der Waals surface area (Å²) >= 11 is 0. The van der Waals surface area contributed by atoms with Gasteiger partial charge in [-0.2, -0.15) is 0 Å². The van der Waals surface area contributed by atoms with Gasteiger partial charge in [0.25, 0.3) is 0 Å². The fraction of sp³-hybridized carbons (Fsp3) is 1.00. The van der Waals surface area contributed by atoms with Crippen LogP contribution in [0.2, 0.25) is 0 Å². The van der Waals surface area contributed by atoms with Crippen molar-refractivity contribution in [2.24, 2.45) is 17.8 Å². The van der Waals surface area contributed by atoms with Crippen molar-refractivity contribution in [3.8, 4) is 0 Å². The lowest BCUT2D eigenvalue weighted by molar-refractivity contribution is 0.119. The van der Waals surface area contributed by atoms with Crippen LogP contribution < -0.4 is 5.32 Å². The summed E-state index contributed by atoms with van der Waals surface area (Å²) in [5.41, 5.74) is 0. The molecule has 5 unspecified atom stereocenters. The SMILES string of the molecule is CCCNC1CCC(C)CC1N(C)CC1CC1C.